The third kappa shape index (κ3) is 2.54. The summed E-state index contributed by atoms with van der Waals surface area (Å²) >= 11 is 0. The largest absolute Gasteiger partial charge is 0.388 e. The highest BCUT2D eigenvalue weighted by molar-refractivity contribution is 5.56. The van der Waals surface area contributed by atoms with Crippen molar-refractivity contribution in [2.75, 3.05) is 18.5 Å². The van der Waals surface area contributed by atoms with E-state index >= 15 is 0 Å². The average molecular weight is 245 g/mol. The van der Waals surface area contributed by atoms with Crippen LogP contribution in [-0.4, -0.2) is 18.7 Å². The molecule has 18 heavy (non-hydrogen) atoms. The first-order valence-electron chi connectivity index (χ1n) is 7.26. The van der Waals surface area contributed by atoms with Crippen LogP contribution in [0.25, 0.3) is 0 Å². The van der Waals surface area contributed by atoms with E-state index in [0.717, 1.165) is 30.9 Å². The van der Waals surface area contributed by atoms with E-state index in [1.807, 2.05) is 0 Å². The molecule has 0 saturated heterocycles. The molecule has 3 rings (SSSR count). The first-order valence-corrected chi connectivity index (χ1v) is 7.26. The molecular weight excluding hydrogens is 222 g/mol. The summed E-state index contributed by atoms with van der Waals surface area (Å²) in [5.74, 6) is 0.906. The second-order valence-corrected chi connectivity index (χ2v) is 5.95. The summed E-state index contributed by atoms with van der Waals surface area (Å²) in [6, 6.07) is 6.52. The Morgan fingerprint density at radius 3 is 3.00 bits per heavy atom. The molecule has 0 bridgehead atoms. The lowest BCUT2D eigenvalue weighted by atomic mass is 9.96. The highest BCUT2D eigenvalue weighted by atomic mass is 16.3. The lowest BCUT2D eigenvalue weighted by Crippen LogP contribution is -2.24. The number of nitrogens with zero attached hydrogens (tertiary/aromatic N) is 1. The summed E-state index contributed by atoms with van der Waals surface area (Å²) in [5.41, 5.74) is 3.87. The van der Waals surface area contributed by atoms with Gasteiger partial charge in [0.25, 0.3) is 0 Å². The van der Waals surface area contributed by atoms with Gasteiger partial charge in [-0.05, 0) is 48.8 Å². The van der Waals surface area contributed by atoms with Crippen LogP contribution in [-0.2, 0) is 6.42 Å². The minimum Gasteiger partial charge on any atom is -0.388 e. The topological polar surface area (TPSA) is 23.5 Å². The molecule has 98 valence electrons. The maximum atomic E-state index is 10.3. The summed E-state index contributed by atoms with van der Waals surface area (Å²) in [6.45, 7) is 1.15. The van der Waals surface area contributed by atoms with E-state index < -0.39 is 0 Å². The second-order valence-electron chi connectivity index (χ2n) is 5.95. The summed E-state index contributed by atoms with van der Waals surface area (Å²) in [5, 5.41) is 10.3. The van der Waals surface area contributed by atoms with Gasteiger partial charge in [-0.3, -0.25) is 0 Å². The molecule has 0 spiro atoms. The summed E-state index contributed by atoms with van der Waals surface area (Å²) in [4.78, 5) is 2.32. The van der Waals surface area contributed by atoms with Gasteiger partial charge in [0.15, 0.2) is 0 Å². The molecule has 1 fully saturated rings. The van der Waals surface area contributed by atoms with E-state index in [2.05, 4.69) is 30.1 Å². The molecule has 2 heteroatoms. The molecule has 1 aliphatic heterocycles. The van der Waals surface area contributed by atoms with E-state index in [0.29, 0.717) is 0 Å². The molecule has 1 aromatic carbocycles. The highest BCUT2D eigenvalue weighted by Gasteiger charge is 2.23. The molecule has 0 aromatic heterocycles. The third-order valence-corrected chi connectivity index (χ3v) is 4.38. The number of benzene rings is 1. The number of aliphatic hydroxyl groups excluding tert-OH is 1. The molecule has 1 aliphatic carbocycles. The summed E-state index contributed by atoms with van der Waals surface area (Å²) < 4.78 is 0. The van der Waals surface area contributed by atoms with Gasteiger partial charge in [-0.2, -0.15) is 0 Å². The Kier molecular flexibility index (Phi) is 3.29. The molecule has 1 heterocycles. The molecule has 2 nitrogen and oxygen atoms in total. The van der Waals surface area contributed by atoms with Crippen molar-refractivity contribution < 1.29 is 5.11 Å². The number of hydrogen-bond donors (Lipinski definition) is 1. The zero-order chi connectivity index (χ0) is 12.5. The predicted molar refractivity (Wildman–Crippen MR) is 75.0 cm³/mol. The number of fused-ring (bicyclic) bond motifs is 1. The van der Waals surface area contributed by atoms with Gasteiger partial charge in [-0.1, -0.05) is 25.0 Å². The average Bonchev–Trinajstić information content (AvgIpc) is 3.20. The van der Waals surface area contributed by atoms with Crippen molar-refractivity contribution in [1.29, 1.82) is 0 Å². The fourth-order valence-corrected chi connectivity index (χ4v) is 2.98. The van der Waals surface area contributed by atoms with Crippen LogP contribution < -0.4 is 4.90 Å². The van der Waals surface area contributed by atoms with Crippen LogP contribution in [0.2, 0.25) is 0 Å². The van der Waals surface area contributed by atoms with Crippen LogP contribution in [0.4, 0.5) is 5.69 Å². The number of anilines is 1. The van der Waals surface area contributed by atoms with Gasteiger partial charge in [0.1, 0.15) is 0 Å². The minimum atomic E-state index is -0.261. The Labute approximate surface area is 110 Å². The van der Waals surface area contributed by atoms with Crippen molar-refractivity contribution in [3.8, 4) is 0 Å². The molecule has 1 atom stereocenters. The van der Waals surface area contributed by atoms with Gasteiger partial charge >= 0.3 is 0 Å². The Bertz CT molecular complexity index is 425. The Hall–Kier alpha value is -1.02. The molecule has 0 amide bonds. The lowest BCUT2D eigenvalue weighted by molar-refractivity contribution is 0.162. The fraction of sp³-hybridized carbons (Fsp3) is 0.625. The van der Waals surface area contributed by atoms with Gasteiger partial charge in [0.2, 0.25) is 0 Å². The fourth-order valence-electron chi connectivity index (χ4n) is 2.98. The monoisotopic (exact) mass is 245 g/mol. The van der Waals surface area contributed by atoms with Gasteiger partial charge in [0.05, 0.1) is 6.10 Å². The van der Waals surface area contributed by atoms with Gasteiger partial charge in [-0.15, -0.1) is 0 Å². The molecule has 1 aromatic rings. The van der Waals surface area contributed by atoms with Crippen LogP contribution in [0.1, 0.15) is 49.3 Å². The quantitative estimate of drug-likeness (QED) is 0.880. The van der Waals surface area contributed by atoms with Crippen LogP contribution in [0.3, 0.4) is 0 Å². The van der Waals surface area contributed by atoms with Crippen molar-refractivity contribution in [1.82, 2.24) is 0 Å². The number of hydrogen-bond acceptors (Lipinski definition) is 2. The maximum absolute atomic E-state index is 10.3. The second kappa shape index (κ2) is 4.93. The smallest absolute Gasteiger partial charge is 0.0790 e. The Morgan fingerprint density at radius 2 is 2.22 bits per heavy atom. The zero-order valence-corrected chi connectivity index (χ0v) is 11.2. The maximum Gasteiger partial charge on any atom is 0.0790 e. The Balaban J connectivity index is 1.71. The van der Waals surface area contributed by atoms with Crippen molar-refractivity contribution in [3.63, 3.8) is 0 Å². The van der Waals surface area contributed by atoms with Crippen molar-refractivity contribution in [2.45, 2.75) is 44.6 Å². The SMILES string of the molecule is CN1CCCc2cc(C(O)CCC3CC3)ccc21. The van der Waals surface area contributed by atoms with Gasteiger partial charge in [-0.25, -0.2) is 0 Å². The zero-order valence-electron chi connectivity index (χ0n) is 11.2. The number of rotatable bonds is 4. The van der Waals surface area contributed by atoms with Gasteiger partial charge < -0.3 is 10.0 Å². The third-order valence-electron chi connectivity index (χ3n) is 4.38. The molecule has 1 unspecified atom stereocenters. The van der Waals surface area contributed by atoms with Crippen molar-refractivity contribution in [2.24, 2.45) is 5.92 Å². The minimum absolute atomic E-state index is 0.261. The van der Waals surface area contributed by atoms with Crippen LogP contribution >= 0.6 is 0 Å². The van der Waals surface area contributed by atoms with Crippen molar-refractivity contribution >= 4 is 5.69 Å². The molecule has 1 N–H and O–H groups in total. The first-order chi connectivity index (χ1) is 8.74. The normalized spacial score (nSPS) is 20.7. The first kappa shape index (κ1) is 12.0. The molecule has 2 aliphatic rings. The number of aliphatic hydroxyl groups is 1. The van der Waals surface area contributed by atoms with E-state index in [9.17, 15) is 5.11 Å². The Morgan fingerprint density at radius 1 is 1.39 bits per heavy atom. The van der Waals surface area contributed by atoms with E-state index in [4.69, 9.17) is 0 Å². The lowest BCUT2D eigenvalue weighted by Gasteiger charge is -2.28. The molecular formula is C16H23NO. The number of aryl methyl sites for hydroxylation is 1. The van der Waals surface area contributed by atoms with Crippen LogP contribution in [0.15, 0.2) is 18.2 Å². The molecule has 0 radical (unpaired) electrons. The van der Waals surface area contributed by atoms with E-state index in [1.165, 1.54) is 36.9 Å². The highest BCUT2D eigenvalue weighted by Crippen LogP contribution is 2.36. The van der Waals surface area contributed by atoms with Crippen LogP contribution in [0.5, 0.6) is 0 Å². The van der Waals surface area contributed by atoms with E-state index in [1.54, 1.807) is 0 Å². The van der Waals surface area contributed by atoms with Gasteiger partial charge in [0, 0.05) is 19.3 Å². The summed E-state index contributed by atoms with van der Waals surface area (Å²) in [7, 11) is 2.15. The standard InChI is InChI=1S/C16H23NO/c1-17-10-2-3-13-11-14(7-8-15(13)17)16(18)9-6-12-4-5-12/h7-8,11-12,16,18H,2-6,9-10H2,1H3. The van der Waals surface area contributed by atoms with Crippen molar-refractivity contribution in [3.05, 3.63) is 29.3 Å². The predicted octanol–water partition coefficient (Wildman–Crippen LogP) is 3.29. The summed E-state index contributed by atoms with van der Waals surface area (Å²) in [6.07, 6.45) is 7.00. The molecule has 1 saturated carbocycles. The van der Waals surface area contributed by atoms with E-state index in [-0.39, 0.29) is 6.10 Å². The van der Waals surface area contributed by atoms with Crippen LogP contribution in [0, 0.1) is 5.92 Å².